The third-order valence-electron chi connectivity index (χ3n) is 16.2. The summed E-state index contributed by atoms with van der Waals surface area (Å²) in [5.41, 5.74) is 0. The maximum atomic E-state index is 12.9. The first kappa shape index (κ1) is 71.4. The van der Waals surface area contributed by atoms with Crippen molar-refractivity contribution in [1.29, 1.82) is 0 Å². The molecule has 0 aromatic rings. The first-order valence-electron chi connectivity index (χ1n) is 33.3. The Hall–Kier alpha value is -1.59. The predicted octanol–water partition coefficient (Wildman–Crippen LogP) is 22.4. The molecular weight excluding hydrogens is 901 g/mol. The van der Waals surface area contributed by atoms with E-state index in [9.17, 15) is 14.4 Å². The van der Waals surface area contributed by atoms with Gasteiger partial charge < -0.3 is 14.2 Å². The molecule has 0 bridgehead atoms. The standard InChI is InChI=1S/C67H130O6/c1-6-9-10-11-12-13-14-15-16-17-18-19-20-27-32-37-42-47-52-57-65(68)71-60-64(73-67(70)59-54-49-44-39-34-29-24-22-26-31-36-41-46-51-56-63(5)8-3)61-72-66(69)58-53-48-43-38-33-28-23-21-25-30-35-40-45-50-55-62(4)7-2/h62-64H,6-61H2,1-5H3/t62?,63?,64-/m1/s1. The van der Waals surface area contributed by atoms with E-state index in [1.165, 1.54) is 270 Å². The lowest BCUT2D eigenvalue weighted by Gasteiger charge is -2.18. The van der Waals surface area contributed by atoms with E-state index in [0.717, 1.165) is 69.6 Å². The Morgan fingerprint density at radius 3 is 0.712 bits per heavy atom. The molecule has 0 saturated heterocycles. The van der Waals surface area contributed by atoms with Gasteiger partial charge in [0.15, 0.2) is 6.10 Å². The first-order valence-corrected chi connectivity index (χ1v) is 33.3. The van der Waals surface area contributed by atoms with E-state index in [1.807, 2.05) is 0 Å². The SMILES string of the molecule is CCCCCCCCCCCCCCCCCCCCCC(=O)OC[C@H](COC(=O)CCCCCCCCCCCCCCCCC(C)CC)OC(=O)CCCCCCCCCCCCCCCCC(C)CC. The van der Waals surface area contributed by atoms with Gasteiger partial charge in [-0.05, 0) is 31.1 Å². The molecule has 0 rings (SSSR count). The van der Waals surface area contributed by atoms with E-state index >= 15 is 0 Å². The van der Waals surface area contributed by atoms with Crippen LogP contribution in [0.5, 0.6) is 0 Å². The highest BCUT2D eigenvalue weighted by molar-refractivity contribution is 5.71. The second-order valence-corrected chi connectivity index (χ2v) is 23.6. The number of carbonyl (C=O) groups excluding carboxylic acids is 3. The van der Waals surface area contributed by atoms with Crippen molar-refractivity contribution in [2.24, 2.45) is 11.8 Å². The lowest BCUT2D eigenvalue weighted by molar-refractivity contribution is -0.167. The molecule has 0 radical (unpaired) electrons. The number of carbonyl (C=O) groups is 3. The van der Waals surface area contributed by atoms with Crippen LogP contribution >= 0.6 is 0 Å². The molecule has 0 fully saturated rings. The molecule has 73 heavy (non-hydrogen) atoms. The van der Waals surface area contributed by atoms with Crippen molar-refractivity contribution >= 4 is 17.9 Å². The number of hydrogen-bond acceptors (Lipinski definition) is 6. The van der Waals surface area contributed by atoms with Gasteiger partial charge in [-0.1, -0.05) is 343 Å². The fourth-order valence-corrected chi connectivity index (χ4v) is 10.4. The highest BCUT2D eigenvalue weighted by Gasteiger charge is 2.20. The highest BCUT2D eigenvalue weighted by atomic mass is 16.6. The molecule has 6 heteroatoms. The maximum absolute atomic E-state index is 12.9. The zero-order chi connectivity index (χ0) is 53.2. The maximum Gasteiger partial charge on any atom is 0.306 e. The van der Waals surface area contributed by atoms with Gasteiger partial charge in [0, 0.05) is 19.3 Å². The van der Waals surface area contributed by atoms with E-state index in [0.29, 0.717) is 19.3 Å². The second-order valence-electron chi connectivity index (χ2n) is 23.6. The van der Waals surface area contributed by atoms with Crippen molar-refractivity contribution in [1.82, 2.24) is 0 Å². The Morgan fingerprint density at radius 2 is 0.479 bits per heavy atom. The van der Waals surface area contributed by atoms with E-state index in [2.05, 4.69) is 34.6 Å². The molecule has 3 atom stereocenters. The summed E-state index contributed by atoms with van der Waals surface area (Å²) in [5.74, 6) is 0.961. The molecule has 6 nitrogen and oxygen atoms in total. The Balaban J connectivity index is 4.29. The van der Waals surface area contributed by atoms with Gasteiger partial charge in [0.25, 0.3) is 0 Å². The fraction of sp³-hybridized carbons (Fsp3) is 0.955. The normalized spacial score (nSPS) is 12.8. The molecule has 0 aliphatic carbocycles. The molecule has 0 aliphatic heterocycles. The van der Waals surface area contributed by atoms with E-state index < -0.39 is 6.10 Å². The van der Waals surface area contributed by atoms with Gasteiger partial charge in [-0.2, -0.15) is 0 Å². The van der Waals surface area contributed by atoms with E-state index in [-0.39, 0.29) is 31.1 Å². The van der Waals surface area contributed by atoms with Gasteiger partial charge >= 0.3 is 17.9 Å². The summed E-state index contributed by atoms with van der Waals surface area (Å²) in [6.45, 7) is 11.5. The summed E-state index contributed by atoms with van der Waals surface area (Å²) in [6.07, 6.45) is 66.6. The molecule has 0 spiro atoms. The highest BCUT2D eigenvalue weighted by Crippen LogP contribution is 2.20. The second kappa shape index (κ2) is 59.7. The minimum atomic E-state index is -0.764. The van der Waals surface area contributed by atoms with Crippen molar-refractivity contribution in [2.75, 3.05) is 13.2 Å². The number of ether oxygens (including phenoxy) is 3. The zero-order valence-corrected chi connectivity index (χ0v) is 50.3. The third-order valence-corrected chi connectivity index (χ3v) is 16.2. The largest absolute Gasteiger partial charge is 0.462 e. The topological polar surface area (TPSA) is 78.9 Å². The molecule has 0 aliphatic rings. The summed E-state index contributed by atoms with van der Waals surface area (Å²) < 4.78 is 17.0. The van der Waals surface area contributed by atoms with Gasteiger partial charge in [0.2, 0.25) is 0 Å². The molecule has 0 amide bonds. The number of rotatable bonds is 61. The van der Waals surface area contributed by atoms with Crippen molar-refractivity contribution in [3.8, 4) is 0 Å². The average molecular weight is 1030 g/mol. The molecule has 0 aromatic carbocycles. The van der Waals surface area contributed by atoms with Gasteiger partial charge in [0.1, 0.15) is 13.2 Å². The summed E-state index contributed by atoms with van der Waals surface area (Å²) in [7, 11) is 0. The van der Waals surface area contributed by atoms with Crippen LogP contribution in [0.4, 0.5) is 0 Å². The number of unbranched alkanes of at least 4 members (excludes halogenated alkanes) is 44. The van der Waals surface area contributed by atoms with Gasteiger partial charge in [0.05, 0.1) is 0 Å². The Bertz CT molecular complexity index is 1120. The first-order chi connectivity index (χ1) is 35.8. The summed E-state index contributed by atoms with van der Waals surface area (Å²) in [5, 5.41) is 0. The van der Waals surface area contributed by atoms with Crippen molar-refractivity contribution in [2.45, 2.75) is 387 Å². The summed E-state index contributed by atoms with van der Waals surface area (Å²) in [6, 6.07) is 0. The van der Waals surface area contributed by atoms with Crippen molar-refractivity contribution < 1.29 is 28.6 Å². The van der Waals surface area contributed by atoms with Crippen LogP contribution in [0.25, 0.3) is 0 Å². The third kappa shape index (κ3) is 57.9. The molecule has 434 valence electrons. The minimum absolute atomic E-state index is 0.0616. The van der Waals surface area contributed by atoms with Crippen LogP contribution in [0.2, 0.25) is 0 Å². The van der Waals surface area contributed by atoms with Crippen LogP contribution in [0, 0.1) is 11.8 Å². The summed E-state index contributed by atoms with van der Waals surface area (Å²) in [4.78, 5) is 38.4. The van der Waals surface area contributed by atoms with Crippen molar-refractivity contribution in [3.63, 3.8) is 0 Å². The van der Waals surface area contributed by atoms with Gasteiger partial charge in [-0.15, -0.1) is 0 Å². The van der Waals surface area contributed by atoms with Crippen LogP contribution in [0.1, 0.15) is 381 Å². The van der Waals surface area contributed by atoms with Crippen LogP contribution in [0.3, 0.4) is 0 Å². The minimum Gasteiger partial charge on any atom is -0.462 e. The average Bonchev–Trinajstić information content (AvgIpc) is 3.39. The Labute approximate surface area is 457 Å². The van der Waals surface area contributed by atoms with Crippen LogP contribution in [-0.2, 0) is 28.6 Å². The lowest BCUT2D eigenvalue weighted by atomic mass is 9.99. The number of hydrogen-bond donors (Lipinski definition) is 0. The molecular formula is C67H130O6. The Kier molecular flexibility index (Phi) is 58.4. The van der Waals surface area contributed by atoms with Crippen molar-refractivity contribution in [3.05, 3.63) is 0 Å². The smallest absolute Gasteiger partial charge is 0.306 e. The summed E-state index contributed by atoms with van der Waals surface area (Å²) >= 11 is 0. The van der Waals surface area contributed by atoms with Gasteiger partial charge in [-0.3, -0.25) is 14.4 Å². The molecule has 0 heterocycles. The quantitative estimate of drug-likeness (QED) is 0.0343. The van der Waals surface area contributed by atoms with E-state index in [1.54, 1.807) is 0 Å². The molecule has 0 N–H and O–H groups in total. The monoisotopic (exact) mass is 1030 g/mol. The molecule has 2 unspecified atom stereocenters. The lowest BCUT2D eigenvalue weighted by Crippen LogP contribution is -2.30. The van der Waals surface area contributed by atoms with E-state index in [4.69, 9.17) is 14.2 Å². The van der Waals surface area contributed by atoms with Crippen LogP contribution < -0.4 is 0 Å². The zero-order valence-electron chi connectivity index (χ0n) is 50.3. The predicted molar refractivity (Wildman–Crippen MR) is 316 cm³/mol. The number of esters is 3. The Morgan fingerprint density at radius 1 is 0.274 bits per heavy atom. The van der Waals surface area contributed by atoms with Crippen LogP contribution in [0.15, 0.2) is 0 Å². The fourth-order valence-electron chi connectivity index (χ4n) is 10.4. The molecule has 0 saturated carbocycles. The van der Waals surface area contributed by atoms with Gasteiger partial charge in [-0.25, -0.2) is 0 Å². The van der Waals surface area contributed by atoms with Crippen LogP contribution in [-0.4, -0.2) is 37.2 Å². The molecule has 0 aromatic heterocycles.